The molecule has 0 saturated carbocycles. The summed E-state index contributed by atoms with van der Waals surface area (Å²) in [6.45, 7) is 2.04. The first kappa shape index (κ1) is 9.44. The minimum absolute atomic E-state index is 0.885. The van der Waals surface area contributed by atoms with Gasteiger partial charge in [-0.2, -0.15) is 0 Å². The van der Waals surface area contributed by atoms with E-state index in [0.29, 0.717) is 0 Å². The Morgan fingerprint density at radius 2 is 1.93 bits per heavy atom. The van der Waals surface area contributed by atoms with E-state index in [1.807, 2.05) is 36.9 Å². The molecular formula is C10H11N3Se. The van der Waals surface area contributed by atoms with Crippen LogP contribution in [0.5, 0.6) is 0 Å². The molecule has 14 heavy (non-hydrogen) atoms. The van der Waals surface area contributed by atoms with Crippen LogP contribution in [0.15, 0.2) is 30.3 Å². The van der Waals surface area contributed by atoms with E-state index in [2.05, 4.69) is 37.8 Å². The Balaban J connectivity index is 2.62. The SMILES string of the molecule is Cc1n(C)nc([Se-])[n+]1-c1ccccc1. The molecule has 0 bridgehead atoms. The van der Waals surface area contributed by atoms with Crippen molar-refractivity contribution in [3.8, 4) is 5.69 Å². The van der Waals surface area contributed by atoms with E-state index in [1.165, 1.54) is 0 Å². The zero-order chi connectivity index (χ0) is 10.1. The molecule has 2 rings (SSSR count). The zero-order valence-electron chi connectivity index (χ0n) is 8.14. The molecule has 0 atom stereocenters. The van der Waals surface area contributed by atoms with Crippen LogP contribution in [-0.4, -0.2) is 25.8 Å². The molecule has 2 aromatic rings. The molecular weight excluding hydrogens is 241 g/mol. The quantitative estimate of drug-likeness (QED) is 0.509. The Kier molecular flexibility index (Phi) is 2.40. The van der Waals surface area contributed by atoms with Crippen LogP contribution in [-0.2, 0) is 7.05 Å². The third-order valence-electron chi connectivity index (χ3n) is 2.23. The van der Waals surface area contributed by atoms with Crippen LogP contribution in [0.3, 0.4) is 0 Å². The van der Waals surface area contributed by atoms with Gasteiger partial charge in [-0.3, -0.25) is 0 Å². The maximum absolute atomic E-state index is 4.31. The van der Waals surface area contributed by atoms with Gasteiger partial charge in [0.2, 0.25) is 0 Å². The first-order valence-corrected chi connectivity index (χ1v) is 5.24. The third-order valence-corrected chi connectivity index (χ3v) is 2.79. The van der Waals surface area contributed by atoms with Gasteiger partial charge < -0.3 is 0 Å². The topological polar surface area (TPSA) is 21.7 Å². The van der Waals surface area contributed by atoms with E-state index in [-0.39, 0.29) is 0 Å². The average molecular weight is 252 g/mol. The number of rotatable bonds is 1. The molecule has 0 aliphatic carbocycles. The van der Waals surface area contributed by atoms with Gasteiger partial charge in [-0.1, -0.05) is 0 Å². The van der Waals surface area contributed by atoms with Crippen LogP contribution in [0.1, 0.15) is 5.82 Å². The molecule has 0 aliphatic heterocycles. The van der Waals surface area contributed by atoms with Crippen LogP contribution in [0.2, 0.25) is 0 Å². The summed E-state index contributed by atoms with van der Waals surface area (Å²) >= 11 is 2.96. The third kappa shape index (κ3) is 1.47. The van der Waals surface area contributed by atoms with Crippen LogP contribution in [0.4, 0.5) is 0 Å². The Morgan fingerprint density at radius 1 is 1.29 bits per heavy atom. The van der Waals surface area contributed by atoms with Gasteiger partial charge in [-0.05, 0) is 0 Å². The van der Waals surface area contributed by atoms with Crippen LogP contribution >= 0.6 is 0 Å². The van der Waals surface area contributed by atoms with E-state index in [0.717, 1.165) is 16.2 Å². The van der Waals surface area contributed by atoms with E-state index >= 15 is 0 Å². The minimum atomic E-state index is 0.885. The monoisotopic (exact) mass is 253 g/mol. The zero-order valence-corrected chi connectivity index (χ0v) is 9.85. The van der Waals surface area contributed by atoms with E-state index in [1.54, 1.807) is 0 Å². The van der Waals surface area contributed by atoms with Crippen molar-refractivity contribution in [3.63, 3.8) is 0 Å². The van der Waals surface area contributed by atoms with Crippen molar-refractivity contribution in [2.45, 2.75) is 6.92 Å². The van der Waals surface area contributed by atoms with Crippen molar-refractivity contribution < 1.29 is 4.57 Å². The number of nitrogens with zero attached hydrogens (tertiary/aromatic N) is 3. The van der Waals surface area contributed by atoms with E-state index in [4.69, 9.17) is 0 Å². The summed E-state index contributed by atoms with van der Waals surface area (Å²) in [6.07, 6.45) is 0. The molecule has 0 fully saturated rings. The predicted molar refractivity (Wildman–Crippen MR) is 54.9 cm³/mol. The number of hydrogen-bond donors (Lipinski definition) is 0. The summed E-state index contributed by atoms with van der Waals surface area (Å²) in [5, 5.41) is 4.31. The van der Waals surface area contributed by atoms with Crippen molar-refractivity contribution in [1.29, 1.82) is 0 Å². The van der Waals surface area contributed by atoms with Gasteiger partial charge in [0, 0.05) is 0 Å². The average Bonchev–Trinajstić information content (AvgIpc) is 2.43. The van der Waals surface area contributed by atoms with Crippen LogP contribution in [0.25, 0.3) is 5.69 Å². The summed E-state index contributed by atoms with van der Waals surface area (Å²) in [4.78, 5) is 0. The molecule has 0 saturated heterocycles. The molecule has 0 spiro atoms. The van der Waals surface area contributed by atoms with Crippen molar-refractivity contribution in [3.05, 3.63) is 36.2 Å². The Hall–Kier alpha value is -1.12. The Morgan fingerprint density at radius 3 is 2.43 bits per heavy atom. The van der Waals surface area contributed by atoms with Gasteiger partial charge >= 0.3 is 90.9 Å². The summed E-state index contributed by atoms with van der Waals surface area (Å²) in [6, 6.07) is 10.2. The van der Waals surface area contributed by atoms with Crippen LogP contribution < -0.4 is 9.29 Å². The molecule has 4 heteroatoms. The second kappa shape index (κ2) is 3.56. The van der Waals surface area contributed by atoms with Crippen molar-refractivity contribution >= 4 is 20.7 Å². The first-order valence-electron chi connectivity index (χ1n) is 4.38. The number of aryl methyl sites for hydroxylation is 1. The number of benzene rings is 1. The molecule has 1 aromatic carbocycles. The first-order chi connectivity index (χ1) is 6.70. The fourth-order valence-electron chi connectivity index (χ4n) is 1.40. The van der Waals surface area contributed by atoms with E-state index < -0.39 is 0 Å². The summed E-state index contributed by atoms with van der Waals surface area (Å²) in [7, 11) is 1.94. The fourth-order valence-corrected chi connectivity index (χ4v) is 2.16. The summed E-state index contributed by atoms with van der Waals surface area (Å²) < 4.78 is 4.83. The second-order valence-corrected chi connectivity index (χ2v) is 3.89. The van der Waals surface area contributed by atoms with E-state index in [9.17, 15) is 0 Å². The van der Waals surface area contributed by atoms with Gasteiger partial charge in [-0.25, -0.2) is 0 Å². The molecule has 0 amide bonds. The molecule has 72 valence electrons. The van der Waals surface area contributed by atoms with Crippen LogP contribution in [0, 0.1) is 6.92 Å². The molecule has 0 radical (unpaired) electrons. The normalized spacial score (nSPS) is 10.4. The van der Waals surface area contributed by atoms with Gasteiger partial charge in [0.05, 0.1) is 0 Å². The number of para-hydroxylation sites is 1. The molecule has 0 aliphatic rings. The van der Waals surface area contributed by atoms with Gasteiger partial charge in [0.25, 0.3) is 0 Å². The molecule has 0 N–H and O–H groups in total. The van der Waals surface area contributed by atoms with Gasteiger partial charge in [0.15, 0.2) is 0 Å². The fraction of sp³-hybridized carbons (Fsp3) is 0.200. The Labute approximate surface area is 91.2 Å². The second-order valence-electron chi connectivity index (χ2n) is 3.12. The summed E-state index contributed by atoms with van der Waals surface area (Å²) in [5.41, 5.74) is 1.13. The summed E-state index contributed by atoms with van der Waals surface area (Å²) in [5.74, 6) is 1.10. The van der Waals surface area contributed by atoms with Crippen molar-refractivity contribution in [2.75, 3.05) is 0 Å². The molecule has 1 aromatic heterocycles. The Bertz CT molecular complexity index is 448. The van der Waals surface area contributed by atoms with Crippen molar-refractivity contribution in [1.82, 2.24) is 9.78 Å². The molecule has 3 nitrogen and oxygen atoms in total. The van der Waals surface area contributed by atoms with Crippen molar-refractivity contribution in [2.24, 2.45) is 7.05 Å². The predicted octanol–water partition coefficient (Wildman–Crippen LogP) is -0.201. The molecule has 1 heterocycles. The number of aromatic nitrogens is 3. The number of hydrogen-bond acceptors (Lipinski definition) is 1. The molecule has 0 unspecified atom stereocenters. The standard InChI is InChI=1S/C10H11N3Se/c1-8-12(2)11-10(14)13(8)9-6-4-3-5-7-9/h3-7H,1-2H3. The maximum atomic E-state index is 4.31. The van der Waals surface area contributed by atoms with Gasteiger partial charge in [0.1, 0.15) is 0 Å². The van der Waals surface area contributed by atoms with Gasteiger partial charge in [-0.15, -0.1) is 0 Å².